The number of fused-ring (bicyclic) bond motifs is 1. The highest BCUT2D eigenvalue weighted by molar-refractivity contribution is 6.15. The summed E-state index contributed by atoms with van der Waals surface area (Å²) >= 11 is 0. The van der Waals surface area contributed by atoms with E-state index < -0.39 is 0 Å². The number of carbonyl (C=O) groups is 1. The molecular weight excluding hydrogens is 284 g/mol. The third-order valence-corrected chi connectivity index (χ3v) is 5.54. The standard InChI is InChI=1S/C20H24N2O/c1-13-6-8-14(9-7-13)15-10-19-16(20(23)11-15)12-21-17-4-2-3-5-18(17)22-19/h6-9,12,15,17-18,22H,2-5,10-11H2,1H3/t15-,17-,18-/m0/s1. The predicted molar refractivity (Wildman–Crippen MR) is 92.9 cm³/mol. The quantitative estimate of drug-likeness (QED) is 0.860. The van der Waals surface area contributed by atoms with Gasteiger partial charge in [-0.2, -0.15) is 0 Å². The number of hydrogen-bond donors (Lipinski definition) is 1. The minimum Gasteiger partial charge on any atom is -0.383 e. The zero-order valence-corrected chi connectivity index (χ0v) is 13.7. The van der Waals surface area contributed by atoms with Crippen LogP contribution in [0.4, 0.5) is 0 Å². The van der Waals surface area contributed by atoms with Crippen LogP contribution in [0.15, 0.2) is 40.5 Å². The molecule has 0 unspecified atom stereocenters. The van der Waals surface area contributed by atoms with E-state index in [1.54, 1.807) is 0 Å². The number of aliphatic imine (C=N–C) groups is 1. The first-order valence-corrected chi connectivity index (χ1v) is 8.83. The monoisotopic (exact) mass is 308 g/mol. The van der Waals surface area contributed by atoms with E-state index >= 15 is 0 Å². The highest BCUT2D eigenvalue weighted by Gasteiger charge is 2.33. The zero-order chi connectivity index (χ0) is 15.8. The molecule has 1 fully saturated rings. The van der Waals surface area contributed by atoms with Crippen molar-refractivity contribution in [2.75, 3.05) is 0 Å². The topological polar surface area (TPSA) is 41.5 Å². The van der Waals surface area contributed by atoms with E-state index in [9.17, 15) is 4.79 Å². The number of nitrogens with one attached hydrogen (secondary N) is 1. The van der Waals surface area contributed by atoms with Crippen LogP contribution in [0.25, 0.3) is 0 Å². The molecule has 1 saturated carbocycles. The fourth-order valence-electron chi connectivity index (χ4n) is 4.14. The summed E-state index contributed by atoms with van der Waals surface area (Å²) in [5, 5.41) is 3.70. The molecule has 3 aliphatic rings. The van der Waals surface area contributed by atoms with Gasteiger partial charge in [0, 0.05) is 24.4 Å². The van der Waals surface area contributed by atoms with Gasteiger partial charge in [-0.05, 0) is 37.7 Å². The second kappa shape index (κ2) is 5.95. The molecule has 3 heteroatoms. The van der Waals surface area contributed by atoms with Gasteiger partial charge in [0.1, 0.15) is 0 Å². The van der Waals surface area contributed by atoms with Crippen molar-refractivity contribution in [3.63, 3.8) is 0 Å². The van der Waals surface area contributed by atoms with Crippen molar-refractivity contribution < 1.29 is 4.79 Å². The van der Waals surface area contributed by atoms with E-state index in [0.29, 0.717) is 24.4 Å². The van der Waals surface area contributed by atoms with Crippen LogP contribution in [0, 0.1) is 6.92 Å². The van der Waals surface area contributed by atoms with Crippen LogP contribution < -0.4 is 5.32 Å². The maximum atomic E-state index is 12.6. The number of carbonyl (C=O) groups excluding carboxylic acids is 1. The molecule has 1 aliphatic heterocycles. The van der Waals surface area contributed by atoms with E-state index in [1.165, 1.54) is 30.4 Å². The fourth-order valence-corrected chi connectivity index (χ4v) is 4.14. The lowest BCUT2D eigenvalue weighted by Crippen LogP contribution is -2.41. The van der Waals surface area contributed by atoms with Crippen LogP contribution in [0.2, 0.25) is 0 Å². The molecule has 0 amide bonds. The van der Waals surface area contributed by atoms with Crippen molar-refractivity contribution in [3.8, 4) is 0 Å². The number of nitrogens with zero attached hydrogens (tertiary/aromatic N) is 1. The van der Waals surface area contributed by atoms with Gasteiger partial charge in [0.15, 0.2) is 5.78 Å². The largest absolute Gasteiger partial charge is 0.383 e. The lowest BCUT2D eigenvalue weighted by molar-refractivity contribution is -0.115. The van der Waals surface area contributed by atoms with Crippen LogP contribution in [0.1, 0.15) is 55.6 Å². The summed E-state index contributed by atoms with van der Waals surface area (Å²) in [7, 11) is 0. The van der Waals surface area contributed by atoms with E-state index in [0.717, 1.165) is 24.1 Å². The van der Waals surface area contributed by atoms with Gasteiger partial charge in [0.2, 0.25) is 0 Å². The van der Waals surface area contributed by atoms with E-state index in [1.807, 2.05) is 6.21 Å². The molecule has 120 valence electrons. The number of allylic oxidation sites excluding steroid dienone is 2. The Balaban J connectivity index is 1.61. The predicted octanol–water partition coefficient (Wildman–Crippen LogP) is 3.68. The number of aryl methyl sites for hydroxylation is 1. The number of Topliss-reactive ketones (excluding diaryl/α,β-unsaturated/α-hetero) is 1. The van der Waals surface area contributed by atoms with Crippen molar-refractivity contribution in [3.05, 3.63) is 46.7 Å². The number of benzene rings is 1. The Morgan fingerprint density at radius 1 is 1.09 bits per heavy atom. The molecular formula is C20H24N2O. The van der Waals surface area contributed by atoms with Gasteiger partial charge in [-0.25, -0.2) is 0 Å². The van der Waals surface area contributed by atoms with Crippen LogP contribution in [-0.4, -0.2) is 24.1 Å². The first-order chi connectivity index (χ1) is 11.2. The average Bonchev–Trinajstić information content (AvgIpc) is 2.74. The highest BCUT2D eigenvalue weighted by atomic mass is 16.1. The molecule has 23 heavy (non-hydrogen) atoms. The zero-order valence-electron chi connectivity index (χ0n) is 13.7. The average molecular weight is 308 g/mol. The van der Waals surface area contributed by atoms with Gasteiger partial charge in [0.25, 0.3) is 0 Å². The first kappa shape index (κ1) is 14.7. The number of rotatable bonds is 1. The van der Waals surface area contributed by atoms with Crippen molar-refractivity contribution in [2.45, 2.75) is 63.5 Å². The van der Waals surface area contributed by atoms with Gasteiger partial charge in [0.05, 0.1) is 11.6 Å². The molecule has 4 rings (SSSR count). The highest BCUT2D eigenvalue weighted by Crippen LogP contribution is 2.35. The molecule has 2 aliphatic carbocycles. The smallest absolute Gasteiger partial charge is 0.166 e. The van der Waals surface area contributed by atoms with Gasteiger partial charge in [-0.15, -0.1) is 0 Å². The summed E-state index contributed by atoms with van der Waals surface area (Å²) < 4.78 is 0. The SMILES string of the molecule is Cc1ccc([C@@H]2CC(=O)C3=C(C2)N[C@H]2CCCC[C@@H]2N=C3)cc1. The third-order valence-electron chi connectivity index (χ3n) is 5.54. The molecule has 3 nitrogen and oxygen atoms in total. The van der Waals surface area contributed by atoms with Crippen molar-refractivity contribution in [1.29, 1.82) is 0 Å². The normalized spacial score (nSPS) is 30.3. The maximum Gasteiger partial charge on any atom is 0.166 e. The summed E-state index contributed by atoms with van der Waals surface area (Å²) in [6, 6.07) is 9.39. The van der Waals surface area contributed by atoms with Crippen LogP contribution in [-0.2, 0) is 4.79 Å². The lowest BCUT2D eigenvalue weighted by atomic mass is 9.81. The van der Waals surface area contributed by atoms with Crippen molar-refractivity contribution in [2.24, 2.45) is 4.99 Å². The van der Waals surface area contributed by atoms with Crippen molar-refractivity contribution in [1.82, 2.24) is 5.32 Å². The molecule has 0 bridgehead atoms. The van der Waals surface area contributed by atoms with Gasteiger partial charge in [-0.3, -0.25) is 9.79 Å². The lowest BCUT2D eigenvalue weighted by Gasteiger charge is -2.32. The second-order valence-electron chi connectivity index (χ2n) is 7.21. The van der Waals surface area contributed by atoms with E-state index in [-0.39, 0.29) is 5.78 Å². The van der Waals surface area contributed by atoms with Gasteiger partial charge in [-0.1, -0.05) is 42.7 Å². The van der Waals surface area contributed by atoms with Crippen LogP contribution in [0.5, 0.6) is 0 Å². The Labute approximate surface area is 137 Å². The molecule has 1 N–H and O–H groups in total. The molecule has 1 heterocycles. The van der Waals surface area contributed by atoms with Gasteiger partial charge < -0.3 is 5.32 Å². The fraction of sp³-hybridized carbons (Fsp3) is 0.500. The van der Waals surface area contributed by atoms with E-state index in [4.69, 9.17) is 4.99 Å². The first-order valence-electron chi connectivity index (χ1n) is 8.83. The minimum atomic E-state index is 0.242. The Bertz CT molecular complexity index is 671. The molecule has 0 radical (unpaired) electrons. The second-order valence-corrected chi connectivity index (χ2v) is 7.21. The van der Waals surface area contributed by atoms with Crippen LogP contribution >= 0.6 is 0 Å². The molecule has 3 atom stereocenters. The summed E-state index contributed by atoms with van der Waals surface area (Å²) in [5.41, 5.74) is 4.51. The summed E-state index contributed by atoms with van der Waals surface area (Å²) in [6.07, 6.45) is 8.23. The molecule has 0 saturated heterocycles. The third kappa shape index (κ3) is 2.85. The molecule has 1 aromatic carbocycles. The van der Waals surface area contributed by atoms with Crippen molar-refractivity contribution >= 4 is 12.0 Å². The summed E-state index contributed by atoms with van der Waals surface area (Å²) in [5.74, 6) is 0.537. The Kier molecular flexibility index (Phi) is 3.80. The molecule has 1 aromatic rings. The van der Waals surface area contributed by atoms with Crippen LogP contribution in [0.3, 0.4) is 0 Å². The molecule has 0 aromatic heterocycles. The Morgan fingerprint density at radius 3 is 2.70 bits per heavy atom. The summed E-state index contributed by atoms with van der Waals surface area (Å²) in [4.78, 5) is 17.4. The summed E-state index contributed by atoms with van der Waals surface area (Å²) in [6.45, 7) is 2.10. The minimum absolute atomic E-state index is 0.242. The Hall–Kier alpha value is -1.90. The molecule has 0 spiro atoms. The number of hydrogen-bond acceptors (Lipinski definition) is 3. The number of ketones is 1. The van der Waals surface area contributed by atoms with E-state index in [2.05, 4.69) is 36.5 Å². The Morgan fingerprint density at radius 2 is 1.87 bits per heavy atom. The van der Waals surface area contributed by atoms with Gasteiger partial charge >= 0.3 is 0 Å². The maximum absolute atomic E-state index is 12.6.